The van der Waals surface area contributed by atoms with Crippen LogP contribution in [0.1, 0.15) is 33.4 Å². The summed E-state index contributed by atoms with van der Waals surface area (Å²) in [5.41, 5.74) is 9.84. The maximum Gasteiger partial charge on any atom is 0.416 e. The van der Waals surface area contributed by atoms with Crippen molar-refractivity contribution in [3.05, 3.63) is 143 Å². The number of nitrogens with zero attached hydrogens (tertiary/aromatic N) is 3. The molecule has 0 amide bonds. The molecule has 0 atom stereocenters. The topological polar surface area (TPSA) is 33.6 Å². The van der Waals surface area contributed by atoms with Gasteiger partial charge in [0.1, 0.15) is 11.6 Å². The summed E-state index contributed by atoms with van der Waals surface area (Å²) in [6, 6.07) is 36.8. The van der Waals surface area contributed by atoms with Gasteiger partial charge in [-0.3, -0.25) is 0 Å². The number of nitriles is 1. The Morgan fingerprint density at radius 2 is 0.896 bits per heavy atom. The number of aromatic nitrogens is 2. The molecule has 234 valence electrons. The summed E-state index contributed by atoms with van der Waals surface area (Å²) in [4.78, 5) is 0. The fourth-order valence-corrected chi connectivity index (χ4v) is 7.12. The van der Waals surface area contributed by atoms with Gasteiger partial charge in [-0.25, -0.2) is 0 Å². The molecule has 0 aliphatic heterocycles. The molecule has 3 nitrogen and oxygen atoms in total. The SMILES string of the molecule is Cc1ccc2c3ccc(C)cc3n(-c3cc(-c4cccc(C(F)(F)F)c4)cc(-n4c5cc(C)ccc5c5ccc(C)cc54)c3C#N)c2c1. The van der Waals surface area contributed by atoms with Crippen molar-refractivity contribution in [2.75, 3.05) is 0 Å². The van der Waals surface area contributed by atoms with Gasteiger partial charge in [0.25, 0.3) is 0 Å². The molecule has 8 rings (SSSR count). The summed E-state index contributed by atoms with van der Waals surface area (Å²) >= 11 is 0. The lowest BCUT2D eigenvalue weighted by molar-refractivity contribution is -0.137. The number of halogens is 3. The van der Waals surface area contributed by atoms with Crippen LogP contribution in [0.2, 0.25) is 0 Å². The number of alkyl halides is 3. The van der Waals surface area contributed by atoms with Crippen molar-refractivity contribution in [1.82, 2.24) is 9.13 Å². The maximum atomic E-state index is 14.0. The number of hydrogen-bond acceptors (Lipinski definition) is 1. The lowest BCUT2D eigenvalue weighted by atomic mass is 9.98. The Morgan fingerprint density at radius 3 is 1.25 bits per heavy atom. The summed E-state index contributed by atoms with van der Waals surface area (Å²) < 4.78 is 46.2. The molecule has 8 aromatic rings. The molecule has 0 N–H and O–H groups in total. The largest absolute Gasteiger partial charge is 0.416 e. The molecule has 0 saturated heterocycles. The number of rotatable bonds is 3. The van der Waals surface area contributed by atoms with Crippen LogP contribution in [-0.4, -0.2) is 9.13 Å². The molecule has 0 saturated carbocycles. The van der Waals surface area contributed by atoms with Crippen molar-refractivity contribution in [3.8, 4) is 28.6 Å². The van der Waals surface area contributed by atoms with Crippen molar-refractivity contribution >= 4 is 43.6 Å². The normalized spacial score (nSPS) is 12.0. The molecule has 0 unspecified atom stereocenters. The van der Waals surface area contributed by atoms with Crippen LogP contribution in [0.15, 0.2) is 109 Å². The molecule has 6 aromatic carbocycles. The van der Waals surface area contributed by atoms with Crippen LogP contribution in [0.3, 0.4) is 0 Å². The monoisotopic (exact) mass is 633 g/mol. The molecule has 6 heteroatoms. The summed E-state index contributed by atoms with van der Waals surface area (Å²) in [5, 5.41) is 15.2. The minimum absolute atomic E-state index is 0.415. The van der Waals surface area contributed by atoms with E-state index < -0.39 is 11.7 Å². The van der Waals surface area contributed by atoms with Gasteiger partial charge in [-0.2, -0.15) is 18.4 Å². The van der Waals surface area contributed by atoms with E-state index in [2.05, 4.69) is 88.0 Å². The highest BCUT2D eigenvalue weighted by molar-refractivity contribution is 6.11. The lowest BCUT2D eigenvalue weighted by Gasteiger charge is -2.19. The van der Waals surface area contributed by atoms with Crippen LogP contribution in [-0.2, 0) is 6.18 Å². The fraction of sp³-hybridized carbons (Fsp3) is 0.119. The summed E-state index contributed by atoms with van der Waals surface area (Å²) in [5.74, 6) is 0. The van der Waals surface area contributed by atoms with Gasteiger partial charge < -0.3 is 9.13 Å². The van der Waals surface area contributed by atoms with E-state index >= 15 is 0 Å². The molecule has 0 fully saturated rings. The van der Waals surface area contributed by atoms with E-state index in [1.54, 1.807) is 6.07 Å². The number of aryl methyl sites for hydroxylation is 4. The van der Waals surface area contributed by atoms with Crippen molar-refractivity contribution < 1.29 is 13.2 Å². The molecule has 0 bridgehead atoms. The van der Waals surface area contributed by atoms with Gasteiger partial charge in [-0.15, -0.1) is 0 Å². The standard InChI is InChI=1S/C42H30F3N3/c1-24-8-12-31-32-13-9-25(2)17-37(32)47(36(31)16-24)40-21-29(28-6-5-7-30(20-28)42(43,44)45)22-41(35(40)23-46)48-38-18-26(3)10-14-33(38)34-15-11-27(4)19-39(34)48/h5-22H,1-4H3. The minimum atomic E-state index is -4.50. The zero-order valence-electron chi connectivity index (χ0n) is 26.9. The van der Waals surface area contributed by atoms with Gasteiger partial charge in [-0.05, 0) is 110 Å². The van der Waals surface area contributed by atoms with Crippen molar-refractivity contribution in [2.45, 2.75) is 33.9 Å². The van der Waals surface area contributed by atoms with E-state index in [9.17, 15) is 18.4 Å². The Bertz CT molecular complexity index is 2400. The van der Waals surface area contributed by atoms with Gasteiger partial charge in [-0.1, -0.05) is 60.7 Å². The molecule has 48 heavy (non-hydrogen) atoms. The highest BCUT2D eigenvalue weighted by atomic mass is 19.4. The van der Waals surface area contributed by atoms with E-state index in [1.807, 2.05) is 39.8 Å². The average molecular weight is 634 g/mol. The molecular formula is C42H30F3N3. The van der Waals surface area contributed by atoms with E-state index in [0.717, 1.165) is 71.9 Å². The van der Waals surface area contributed by atoms with E-state index in [-0.39, 0.29) is 0 Å². The minimum Gasteiger partial charge on any atom is -0.308 e. The second kappa shape index (κ2) is 10.6. The fourth-order valence-electron chi connectivity index (χ4n) is 7.12. The van der Waals surface area contributed by atoms with Crippen LogP contribution in [0.25, 0.3) is 66.1 Å². The second-order valence-electron chi connectivity index (χ2n) is 12.8. The third-order valence-corrected chi connectivity index (χ3v) is 9.37. The zero-order chi connectivity index (χ0) is 33.5. The molecule has 2 aromatic heterocycles. The van der Waals surface area contributed by atoms with E-state index in [0.29, 0.717) is 28.1 Å². The highest BCUT2D eigenvalue weighted by Crippen LogP contribution is 2.41. The quantitative estimate of drug-likeness (QED) is 0.191. The van der Waals surface area contributed by atoms with Crippen LogP contribution in [0, 0.1) is 39.0 Å². The van der Waals surface area contributed by atoms with Crippen LogP contribution < -0.4 is 0 Å². The van der Waals surface area contributed by atoms with Crippen LogP contribution >= 0.6 is 0 Å². The predicted octanol–water partition coefficient (Wildman–Crippen LogP) is 11.7. The molecule has 0 radical (unpaired) electrons. The lowest BCUT2D eigenvalue weighted by Crippen LogP contribution is -2.06. The molecule has 0 aliphatic carbocycles. The Balaban J connectivity index is 1.58. The Morgan fingerprint density at radius 1 is 0.500 bits per heavy atom. The second-order valence-corrected chi connectivity index (χ2v) is 12.8. The van der Waals surface area contributed by atoms with Crippen LogP contribution in [0.4, 0.5) is 13.2 Å². The van der Waals surface area contributed by atoms with Crippen LogP contribution in [0.5, 0.6) is 0 Å². The predicted molar refractivity (Wildman–Crippen MR) is 189 cm³/mol. The Labute approximate surface area is 275 Å². The smallest absolute Gasteiger partial charge is 0.308 e. The average Bonchev–Trinajstić information content (AvgIpc) is 3.53. The number of benzene rings is 6. The molecular weight excluding hydrogens is 603 g/mol. The summed E-state index contributed by atoms with van der Waals surface area (Å²) in [6.07, 6.45) is -4.50. The van der Waals surface area contributed by atoms with Crippen molar-refractivity contribution in [3.63, 3.8) is 0 Å². The Kier molecular flexibility index (Phi) is 6.54. The first kappa shape index (κ1) is 29.6. The number of hydrogen-bond donors (Lipinski definition) is 0. The highest BCUT2D eigenvalue weighted by Gasteiger charge is 2.31. The van der Waals surface area contributed by atoms with Gasteiger partial charge >= 0.3 is 6.18 Å². The summed E-state index contributed by atoms with van der Waals surface area (Å²) in [7, 11) is 0. The first-order valence-corrected chi connectivity index (χ1v) is 15.8. The third kappa shape index (κ3) is 4.57. The number of fused-ring (bicyclic) bond motifs is 6. The van der Waals surface area contributed by atoms with Gasteiger partial charge in [0.15, 0.2) is 0 Å². The summed E-state index contributed by atoms with van der Waals surface area (Å²) in [6.45, 7) is 8.13. The van der Waals surface area contributed by atoms with Crippen molar-refractivity contribution in [1.29, 1.82) is 5.26 Å². The van der Waals surface area contributed by atoms with Gasteiger partial charge in [0.2, 0.25) is 0 Å². The maximum absolute atomic E-state index is 14.0. The first-order valence-electron chi connectivity index (χ1n) is 15.8. The van der Waals surface area contributed by atoms with Gasteiger partial charge in [0.05, 0.1) is 39.0 Å². The first-order chi connectivity index (χ1) is 23.0. The molecule has 0 aliphatic rings. The zero-order valence-corrected chi connectivity index (χ0v) is 26.9. The van der Waals surface area contributed by atoms with E-state index in [1.165, 1.54) is 12.1 Å². The van der Waals surface area contributed by atoms with Crippen molar-refractivity contribution in [2.24, 2.45) is 0 Å². The third-order valence-electron chi connectivity index (χ3n) is 9.37. The Hall–Kier alpha value is -5.80. The van der Waals surface area contributed by atoms with Gasteiger partial charge in [0, 0.05) is 21.5 Å². The molecule has 2 heterocycles. The molecule has 0 spiro atoms. The van der Waals surface area contributed by atoms with E-state index in [4.69, 9.17) is 0 Å².